The molecule has 126 valence electrons. The highest BCUT2D eigenvalue weighted by atomic mass is 35.5. The molecular formula is C16H28ClN3O2. The van der Waals surface area contributed by atoms with E-state index in [1.54, 1.807) is 0 Å². The van der Waals surface area contributed by atoms with Crippen molar-refractivity contribution in [2.24, 2.45) is 17.6 Å². The fourth-order valence-corrected chi connectivity index (χ4v) is 3.68. The number of nitrogens with two attached hydrogens (primary N) is 1. The lowest BCUT2D eigenvalue weighted by molar-refractivity contribution is -0.133. The highest BCUT2D eigenvalue weighted by Crippen LogP contribution is 2.32. The molecule has 3 N–H and O–H groups in total. The fraction of sp³-hybridized carbons (Fsp3) is 0.875. The zero-order valence-corrected chi connectivity index (χ0v) is 13.9. The second-order valence-corrected chi connectivity index (χ2v) is 7.00. The molecule has 3 rings (SSSR count). The first-order valence-corrected chi connectivity index (χ1v) is 8.47. The Labute approximate surface area is 138 Å². The molecule has 6 heteroatoms. The summed E-state index contributed by atoms with van der Waals surface area (Å²) in [4.78, 5) is 26.1. The van der Waals surface area contributed by atoms with E-state index in [-0.39, 0.29) is 30.4 Å². The highest BCUT2D eigenvalue weighted by molar-refractivity contribution is 5.85. The standard InChI is InChI=1S/C16H27N3O2.ClH/c17-14-3-1-2-12(14)10-15(20)18-13-6-8-19(9-7-13)16(21)11-4-5-11;/h11-14H,1-10,17H2,(H,18,20);1H/t12-,14+;/m0./s1. The Morgan fingerprint density at radius 1 is 1.05 bits per heavy atom. The van der Waals surface area contributed by atoms with Crippen LogP contribution >= 0.6 is 12.4 Å². The van der Waals surface area contributed by atoms with Gasteiger partial charge in [-0.3, -0.25) is 9.59 Å². The quantitative estimate of drug-likeness (QED) is 0.819. The summed E-state index contributed by atoms with van der Waals surface area (Å²) in [5.74, 6) is 1.14. The van der Waals surface area contributed by atoms with E-state index in [9.17, 15) is 9.59 Å². The zero-order valence-electron chi connectivity index (χ0n) is 13.1. The van der Waals surface area contributed by atoms with Crippen LogP contribution in [0.5, 0.6) is 0 Å². The van der Waals surface area contributed by atoms with Crippen LogP contribution in [-0.2, 0) is 9.59 Å². The summed E-state index contributed by atoms with van der Waals surface area (Å²) in [5.41, 5.74) is 6.02. The van der Waals surface area contributed by atoms with Gasteiger partial charge in [-0.1, -0.05) is 6.42 Å². The molecule has 0 aromatic heterocycles. The van der Waals surface area contributed by atoms with Crippen molar-refractivity contribution in [1.82, 2.24) is 10.2 Å². The summed E-state index contributed by atoms with van der Waals surface area (Å²) >= 11 is 0. The van der Waals surface area contributed by atoms with E-state index in [2.05, 4.69) is 5.32 Å². The van der Waals surface area contributed by atoms with Gasteiger partial charge >= 0.3 is 0 Å². The minimum atomic E-state index is 0. The zero-order chi connectivity index (χ0) is 14.8. The third-order valence-corrected chi connectivity index (χ3v) is 5.26. The maximum Gasteiger partial charge on any atom is 0.225 e. The fourth-order valence-electron chi connectivity index (χ4n) is 3.68. The molecule has 0 spiro atoms. The number of hydrogen-bond donors (Lipinski definition) is 2. The predicted molar refractivity (Wildman–Crippen MR) is 87.7 cm³/mol. The summed E-state index contributed by atoms with van der Waals surface area (Å²) in [6, 6.07) is 0.437. The van der Waals surface area contributed by atoms with Gasteiger partial charge in [-0.05, 0) is 44.4 Å². The summed E-state index contributed by atoms with van der Waals surface area (Å²) in [6.45, 7) is 1.59. The van der Waals surface area contributed by atoms with E-state index in [4.69, 9.17) is 5.73 Å². The number of halogens is 1. The normalized spacial score (nSPS) is 29.0. The minimum Gasteiger partial charge on any atom is -0.353 e. The SMILES string of the molecule is Cl.N[C@@H]1CCC[C@H]1CC(=O)NC1CCN(C(=O)C2CC2)CC1. The van der Waals surface area contributed by atoms with Crippen LogP contribution in [0.4, 0.5) is 0 Å². The molecule has 2 aliphatic carbocycles. The molecule has 2 saturated carbocycles. The van der Waals surface area contributed by atoms with Crippen LogP contribution in [0.2, 0.25) is 0 Å². The van der Waals surface area contributed by atoms with Crippen molar-refractivity contribution in [3.05, 3.63) is 0 Å². The van der Waals surface area contributed by atoms with E-state index in [0.29, 0.717) is 24.2 Å². The third kappa shape index (κ3) is 4.35. The van der Waals surface area contributed by atoms with Gasteiger partial charge in [0, 0.05) is 37.5 Å². The Hall–Kier alpha value is -0.810. The number of hydrogen-bond acceptors (Lipinski definition) is 3. The molecule has 22 heavy (non-hydrogen) atoms. The monoisotopic (exact) mass is 329 g/mol. The Morgan fingerprint density at radius 2 is 1.73 bits per heavy atom. The average molecular weight is 330 g/mol. The van der Waals surface area contributed by atoms with Gasteiger partial charge in [0.1, 0.15) is 0 Å². The van der Waals surface area contributed by atoms with E-state index >= 15 is 0 Å². The molecule has 2 atom stereocenters. The van der Waals surface area contributed by atoms with Crippen LogP contribution in [0.25, 0.3) is 0 Å². The Morgan fingerprint density at radius 3 is 2.27 bits per heavy atom. The van der Waals surface area contributed by atoms with Crippen LogP contribution in [0.1, 0.15) is 51.4 Å². The Kier molecular flexibility index (Phi) is 6.09. The van der Waals surface area contributed by atoms with Gasteiger partial charge in [-0.15, -0.1) is 12.4 Å². The largest absolute Gasteiger partial charge is 0.353 e. The predicted octanol–water partition coefficient (Wildman–Crippen LogP) is 1.44. The summed E-state index contributed by atoms with van der Waals surface area (Å²) in [6.07, 6.45) is 7.78. The molecule has 1 aliphatic heterocycles. The molecule has 1 heterocycles. The van der Waals surface area contributed by atoms with Crippen LogP contribution in [0.15, 0.2) is 0 Å². The molecule has 0 radical (unpaired) electrons. The topological polar surface area (TPSA) is 75.4 Å². The number of nitrogens with zero attached hydrogens (tertiary/aromatic N) is 1. The first kappa shape index (κ1) is 17.5. The number of nitrogens with one attached hydrogen (secondary N) is 1. The van der Waals surface area contributed by atoms with Crippen molar-refractivity contribution < 1.29 is 9.59 Å². The van der Waals surface area contributed by atoms with E-state index in [1.807, 2.05) is 4.90 Å². The second-order valence-electron chi connectivity index (χ2n) is 7.00. The van der Waals surface area contributed by atoms with Crippen molar-refractivity contribution in [2.75, 3.05) is 13.1 Å². The molecule has 2 amide bonds. The Balaban J connectivity index is 0.00000176. The number of likely N-dealkylation sites (tertiary alicyclic amines) is 1. The molecule has 0 aromatic carbocycles. The number of rotatable bonds is 4. The molecule has 0 unspecified atom stereocenters. The maximum atomic E-state index is 12.1. The second kappa shape index (κ2) is 7.64. The minimum absolute atomic E-state index is 0. The van der Waals surface area contributed by atoms with Crippen molar-refractivity contribution >= 4 is 24.2 Å². The van der Waals surface area contributed by atoms with Crippen molar-refractivity contribution in [2.45, 2.75) is 63.5 Å². The van der Waals surface area contributed by atoms with Gasteiger partial charge < -0.3 is 16.0 Å². The molecule has 0 aromatic rings. The van der Waals surface area contributed by atoms with Crippen LogP contribution < -0.4 is 11.1 Å². The smallest absolute Gasteiger partial charge is 0.225 e. The number of carbonyl (C=O) groups is 2. The summed E-state index contributed by atoms with van der Waals surface area (Å²) < 4.78 is 0. The number of carbonyl (C=O) groups excluding carboxylic acids is 2. The number of amides is 2. The maximum absolute atomic E-state index is 12.1. The first-order valence-electron chi connectivity index (χ1n) is 8.47. The van der Waals surface area contributed by atoms with Gasteiger partial charge in [0.15, 0.2) is 0 Å². The average Bonchev–Trinajstić information content (AvgIpc) is 3.24. The Bertz CT molecular complexity index is 406. The van der Waals surface area contributed by atoms with E-state index in [1.165, 1.54) is 0 Å². The van der Waals surface area contributed by atoms with Gasteiger partial charge in [-0.2, -0.15) is 0 Å². The summed E-state index contributed by atoms with van der Waals surface area (Å²) in [5, 5.41) is 3.14. The highest BCUT2D eigenvalue weighted by Gasteiger charge is 2.35. The molecule has 5 nitrogen and oxygen atoms in total. The van der Waals surface area contributed by atoms with E-state index in [0.717, 1.165) is 58.0 Å². The van der Waals surface area contributed by atoms with E-state index < -0.39 is 0 Å². The van der Waals surface area contributed by atoms with Crippen molar-refractivity contribution in [1.29, 1.82) is 0 Å². The van der Waals surface area contributed by atoms with Gasteiger partial charge in [-0.25, -0.2) is 0 Å². The summed E-state index contributed by atoms with van der Waals surface area (Å²) in [7, 11) is 0. The molecular weight excluding hydrogens is 302 g/mol. The van der Waals surface area contributed by atoms with Gasteiger partial charge in [0.25, 0.3) is 0 Å². The van der Waals surface area contributed by atoms with Crippen LogP contribution in [0, 0.1) is 11.8 Å². The lowest BCUT2D eigenvalue weighted by atomic mass is 9.98. The number of piperidine rings is 1. The van der Waals surface area contributed by atoms with Crippen LogP contribution in [-0.4, -0.2) is 41.9 Å². The van der Waals surface area contributed by atoms with Crippen molar-refractivity contribution in [3.63, 3.8) is 0 Å². The lowest BCUT2D eigenvalue weighted by Gasteiger charge is -2.32. The molecule has 3 aliphatic rings. The molecule has 3 fully saturated rings. The van der Waals surface area contributed by atoms with Crippen LogP contribution in [0.3, 0.4) is 0 Å². The molecule has 0 bridgehead atoms. The lowest BCUT2D eigenvalue weighted by Crippen LogP contribution is -2.47. The van der Waals surface area contributed by atoms with Gasteiger partial charge in [0.2, 0.25) is 11.8 Å². The third-order valence-electron chi connectivity index (χ3n) is 5.26. The van der Waals surface area contributed by atoms with Gasteiger partial charge in [0.05, 0.1) is 0 Å². The first-order chi connectivity index (χ1) is 10.1. The van der Waals surface area contributed by atoms with Crippen molar-refractivity contribution in [3.8, 4) is 0 Å². The molecule has 1 saturated heterocycles.